The number of nitrogens with zero attached hydrogens (tertiary/aromatic N) is 3. The van der Waals surface area contributed by atoms with Gasteiger partial charge in [-0.25, -0.2) is 15.0 Å². The van der Waals surface area contributed by atoms with Crippen LogP contribution < -0.4 is 0 Å². The van der Waals surface area contributed by atoms with Crippen LogP contribution in [0.5, 0.6) is 0 Å². The van der Waals surface area contributed by atoms with Crippen LogP contribution in [0.4, 0.5) is 0 Å². The molecule has 52 heavy (non-hydrogen) atoms. The van der Waals surface area contributed by atoms with Crippen LogP contribution in [0.2, 0.25) is 0 Å². The van der Waals surface area contributed by atoms with Gasteiger partial charge in [-0.05, 0) is 102 Å². The van der Waals surface area contributed by atoms with Gasteiger partial charge in [-0.2, -0.15) is 0 Å². The monoisotopic (exact) mass is 673 g/mol. The van der Waals surface area contributed by atoms with E-state index in [0.29, 0.717) is 17.5 Å². The van der Waals surface area contributed by atoms with Crippen molar-refractivity contribution in [2.75, 3.05) is 0 Å². The van der Waals surface area contributed by atoms with Crippen molar-refractivity contribution in [3.63, 3.8) is 0 Å². The van der Waals surface area contributed by atoms with Gasteiger partial charge in [0, 0.05) is 27.5 Å². The summed E-state index contributed by atoms with van der Waals surface area (Å²) in [5.74, 6) is 1.98. The molecule has 4 nitrogen and oxygen atoms in total. The van der Waals surface area contributed by atoms with E-state index in [0.717, 1.165) is 89.1 Å². The molecule has 0 saturated carbocycles. The fourth-order valence-electron chi connectivity index (χ4n) is 7.66. The van der Waals surface area contributed by atoms with Gasteiger partial charge in [0.25, 0.3) is 0 Å². The summed E-state index contributed by atoms with van der Waals surface area (Å²) >= 11 is 0. The third-order valence-electron chi connectivity index (χ3n) is 10.3. The van der Waals surface area contributed by atoms with Crippen molar-refractivity contribution >= 4 is 33.6 Å². The molecule has 0 bridgehead atoms. The number of rotatable bonds is 8. The predicted octanol–water partition coefficient (Wildman–Crippen LogP) is 12.4. The van der Waals surface area contributed by atoms with E-state index in [1.54, 1.807) is 0 Å². The highest BCUT2D eigenvalue weighted by Crippen LogP contribution is 2.41. The molecule has 3 aliphatic carbocycles. The standard InChI is InChI=1S/C48H39N3O/c1-2-33-15-6-7-16-34(33)20-12-14-32-26-28-37(29-27-32)47-49-46(36-18-4-3-5-19-36)50-48(51-47)42-30-38(40-24-13-21-35-17-8-9-22-39(35)40)31-44-45(42)41-23-10-11-25-43(41)52-44/h2,4,7-8,10-13,16-21,23-31H,1,3,5-6,9,14-15,22H2/b20-12-. The average Bonchev–Trinajstić information content (AvgIpc) is 3.59. The number of allylic oxidation sites excluding steroid dienone is 12. The summed E-state index contributed by atoms with van der Waals surface area (Å²) in [6, 6.07) is 27.9. The van der Waals surface area contributed by atoms with Crippen molar-refractivity contribution in [1.29, 1.82) is 0 Å². The summed E-state index contributed by atoms with van der Waals surface area (Å²) in [5.41, 5.74) is 13.4. The molecule has 0 unspecified atom stereocenters. The quantitative estimate of drug-likeness (QED) is 0.161. The highest BCUT2D eigenvalue weighted by molar-refractivity contribution is 6.13. The van der Waals surface area contributed by atoms with Gasteiger partial charge < -0.3 is 4.42 Å². The number of para-hydroxylation sites is 1. The number of aromatic nitrogens is 3. The Balaban J connectivity index is 1.17. The van der Waals surface area contributed by atoms with E-state index in [1.807, 2.05) is 18.2 Å². The smallest absolute Gasteiger partial charge is 0.164 e. The highest BCUT2D eigenvalue weighted by Gasteiger charge is 2.21. The summed E-state index contributed by atoms with van der Waals surface area (Å²) in [4.78, 5) is 15.5. The molecule has 6 aromatic rings. The van der Waals surface area contributed by atoms with Crippen LogP contribution in [0.25, 0.3) is 67.5 Å². The van der Waals surface area contributed by atoms with Crippen molar-refractivity contribution < 1.29 is 4.42 Å². The van der Waals surface area contributed by atoms with Crippen LogP contribution in [0.1, 0.15) is 54.6 Å². The van der Waals surface area contributed by atoms with Gasteiger partial charge in [0.2, 0.25) is 0 Å². The van der Waals surface area contributed by atoms with E-state index in [2.05, 4.69) is 128 Å². The molecule has 0 N–H and O–H groups in total. The van der Waals surface area contributed by atoms with Crippen molar-refractivity contribution in [1.82, 2.24) is 15.0 Å². The molecular weight excluding hydrogens is 635 g/mol. The molecule has 0 atom stereocenters. The van der Waals surface area contributed by atoms with Gasteiger partial charge in [0.1, 0.15) is 11.2 Å². The van der Waals surface area contributed by atoms with Crippen LogP contribution in [0, 0.1) is 0 Å². The number of hydrogen-bond donors (Lipinski definition) is 0. The molecule has 0 saturated heterocycles. The molecule has 0 fully saturated rings. The maximum Gasteiger partial charge on any atom is 0.164 e. The van der Waals surface area contributed by atoms with Gasteiger partial charge in [-0.3, -0.25) is 0 Å². The highest BCUT2D eigenvalue weighted by atomic mass is 16.3. The molecule has 9 rings (SSSR count). The van der Waals surface area contributed by atoms with Gasteiger partial charge in [-0.15, -0.1) is 0 Å². The van der Waals surface area contributed by atoms with E-state index in [9.17, 15) is 0 Å². The summed E-state index contributed by atoms with van der Waals surface area (Å²) in [7, 11) is 0. The third kappa shape index (κ3) is 6.11. The zero-order chi connectivity index (χ0) is 34.9. The second kappa shape index (κ2) is 13.9. The maximum atomic E-state index is 6.55. The number of fused-ring (bicyclic) bond motifs is 4. The molecule has 2 heterocycles. The summed E-state index contributed by atoms with van der Waals surface area (Å²) in [6.45, 7) is 4.00. The van der Waals surface area contributed by atoms with E-state index in [-0.39, 0.29) is 0 Å². The van der Waals surface area contributed by atoms with Gasteiger partial charge in [0.05, 0.1) is 0 Å². The molecule has 4 aromatic carbocycles. The van der Waals surface area contributed by atoms with Gasteiger partial charge in [-0.1, -0.05) is 128 Å². The minimum atomic E-state index is 0.641. The Hall–Kier alpha value is -6.13. The minimum absolute atomic E-state index is 0.641. The average molecular weight is 674 g/mol. The molecule has 4 heteroatoms. The Morgan fingerprint density at radius 3 is 2.38 bits per heavy atom. The number of hydrogen-bond acceptors (Lipinski definition) is 4. The second-order valence-corrected chi connectivity index (χ2v) is 13.7. The lowest BCUT2D eigenvalue weighted by Crippen LogP contribution is -2.04. The lowest BCUT2D eigenvalue weighted by Gasteiger charge is -2.17. The SMILES string of the molecule is C=CC1=C(/C=C\Cc2ccc(-c3nc(C4=CCCC=C4)nc(-c4cc(-c5cccc6c5CCC=C6)cc5oc6ccccc6c45)n3)cc2)C=CCC1. The Bertz CT molecular complexity index is 2550. The predicted molar refractivity (Wildman–Crippen MR) is 216 cm³/mol. The second-order valence-electron chi connectivity index (χ2n) is 13.7. The van der Waals surface area contributed by atoms with Crippen LogP contribution in [0.3, 0.4) is 0 Å². The minimum Gasteiger partial charge on any atom is -0.456 e. The molecular formula is C48H39N3O. The summed E-state index contributed by atoms with van der Waals surface area (Å²) in [5, 5.41) is 2.07. The summed E-state index contributed by atoms with van der Waals surface area (Å²) < 4.78 is 6.55. The molecule has 0 aliphatic heterocycles. The first-order chi connectivity index (χ1) is 25.7. The normalized spacial score (nSPS) is 15.5. The number of benzene rings is 4. The Labute approximate surface area is 304 Å². The fourth-order valence-corrected chi connectivity index (χ4v) is 7.66. The lowest BCUT2D eigenvalue weighted by atomic mass is 9.88. The number of furan rings is 1. The zero-order valence-electron chi connectivity index (χ0n) is 29.2. The Morgan fingerprint density at radius 2 is 1.50 bits per heavy atom. The molecule has 0 amide bonds. The van der Waals surface area contributed by atoms with E-state index in [1.165, 1.54) is 33.4 Å². The van der Waals surface area contributed by atoms with Gasteiger partial charge >= 0.3 is 0 Å². The first kappa shape index (κ1) is 31.8. The molecule has 252 valence electrons. The van der Waals surface area contributed by atoms with E-state index in [4.69, 9.17) is 19.4 Å². The molecule has 3 aliphatic rings. The van der Waals surface area contributed by atoms with E-state index >= 15 is 0 Å². The van der Waals surface area contributed by atoms with Crippen molar-refractivity contribution in [3.05, 3.63) is 174 Å². The lowest BCUT2D eigenvalue weighted by molar-refractivity contribution is 0.669. The van der Waals surface area contributed by atoms with Crippen molar-refractivity contribution in [3.8, 4) is 33.9 Å². The zero-order valence-corrected chi connectivity index (χ0v) is 29.2. The Morgan fingerprint density at radius 1 is 0.673 bits per heavy atom. The third-order valence-corrected chi connectivity index (χ3v) is 10.3. The first-order valence-corrected chi connectivity index (χ1v) is 18.4. The topological polar surface area (TPSA) is 51.8 Å². The largest absolute Gasteiger partial charge is 0.456 e. The van der Waals surface area contributed by atoms with Crippen LogP contribution in [0.15, 0.2) is 156 Å². The van der Waals surface area contributed by atoms with E-state index < -0.39 is 0 Å². The van der Waals surface area contributed by atoms with Crippen LogP contribution in [-0.4, -0.2) is 15.0 Å². The fraction of sp³-hybridized carbons (Fsp3) is 0.146. The molecule has 0 radical (unpaired) electrons. The Kier molecular flexibility index (Phi) is 8.50. The van der Waals surface area contributed by atoms with Crippen molar-refractivity contribution in [2.24, 2.45) is 0 Å². The van der Waals surface area contributed by atoms with Crippen LogP contribution >= 0.6 is 0 Å². The summed E-state index contributed by atoms with van der Waals surface area (Å²) in [6.07, 6.45) is 28.9. The maximum absolute atomic E-state index is 6.55. The van der Waals surface area contributed by atoms with Gasteiger partial charge in [0.15, 0.2) is 17.5 Å². The van der Waals surface area contributed by atoms with Crippen LogP contribution in [-0.2, 0) is 12.8 Å². The molecule has 0 spiro atoms. The first-order valence-electron chi connectivity index (χ1n) is 18.4. The molecule has 2 aromatic heterocycles. The van der Waals surface area contributed by atoms with Crippen molar-refractivity contribution in [2.45, 2.75) is 44.9 Å².